The van der Waals surface area contributed by atoms with E-state index in [0.717, 1.165) is 4.31 Å². The van der Waals surface area contributed by atoms with Crippen molar-refractivity contribution in [2.24, 2.45) is 0 Å². The molecule has 130 valence electrons. The van der Waals surface area contributed by atoms with Gasteiger partial charge in [-0.1, -0.05) is 6.92 Å². The van der Waals surface area contributed by atoms with Gasteiger partial charge in [0.2, 0.25) is 15.9 Å². The van der Waals surface area contributed by atoms with Crippen LogP contribution < -0.4 is 14.8 Å². The minimum absolute atomic E-state index is 0.0984. The molecule has 0 radical (unpaired) electrons. The zero-order chi connectivity index (χ0) is 17.6. The van der Waals surface area contributed by atoms with Crippen LogP contribution in [0.1, 0.15) is 19.4 Å². The van der Waals surface area contributed by atoms with Crippen LogP contribution in [0, 0.1) is 6.92 Å². The maximum atomic E-state index is 12.8. The lowest BCUT2D eigenvalue weighted by Gasteiger charge is -2.22. The fourth-order valence-corrected chi connectivity index (χ4v) is 3.79. The van der Waals surface area contributed by atoms with Crippen LogP contribution in [0.4, 0.5) is 0 Å². The Kier molecular flexibility index (Phi) is 6.83. The van der Waals surface area contributed by atoms with Crippen LogP contribution in [0.2, 0.25) is 0 Å². The van der Waals surface area contributed by atoms with Crippen LogP contribution in [0.5, 0.6) is 11.5 Å². The third kappa shape index (κ3) is 4.35. The SMILES string of the molecule is CCNC(=O)CN(CC)S(=O)(=O)c1cc(OC)c(OC)cc1C. The standard InChI is InChI=1S/C15H24N2O5S/c1-6-16-15(18)10-17(7-2)23(19,20)14-9-13(22-5)12(21-4)8-11(14)3/h8-9H,6-7,10H2,1-5H3,(H,16,18). The fraction of sp³-hybridized carbons (Fsp3) is 0.533. The number of rotatable bonds is 8. The van der Waals surface area contributed by atoms with Crippen molar-refractivity contribution >= 4 is 15.9 Å². The average Bonchev–Trinajstić information content (AvgIpc) is 2.51. The zero-order valence-electron chi connectivity index (χ0n) is 14.2. The molecule has 0 aliphatic carbocycles. The molecule has 1 N–H and O–H groups in total. The normalized spacial score (nSPS) is 11.4. The first-order valence-electron chi connectivity index (χ1n) is 7.31. The summed E-state index contributed by atoms with van der Waals surface area (Å²) in [4.78, 5) is 11.8. The molecule has 0 saturated heterocycles. The molecule has 1 aromatic rings. The number of likely N-dealkylation sites (N-methyl/N-ethyl adjacent to an activating group) is 2. The van der Waals surface area contributed by atoms with Crippen molar-refractivity contribution in [1.82, 2.24) is 9.62 Å². The Hall–Kier alpha value is -1.80. The molecule has 0 aromatic heterocycles. The Morgan fingerprint density at radius 2 is 1.74 bits per heavy atom. The molecule has 0 aliphatic heterocycles. The molecule has 8 heteroatoms. The second-order valence-corrected chi connectivity index (χ2v) is 6.76. The van der Waals surface area contributed by atoms with E-state index in [2.05, 4.69) is 5.32 Å². The molecule has 1 amide bonds. The lowest BCUT2D eigenvalue weighted by molar-refractivity contribution is -0.121. The summed E-state index contributed by atoms with van der Waals surface area (Å²) in [5, 5.41) is 2.60. The van der Waals surface area contributed by atoms with E-state index in [1.807, 2.05) is 0 Å². The van der Waals surface area contributed by atoms with E-state index in [1.54, 1.807) is 26.8 Å². The second-order valence-electron chi connectivity index (χ2n) is 4.86. The summed E-state index contributed by atoms with van der Waals surface area (Å²) in [6, 6.07) is 3.02. The Morgan fingerprint density at radius 3 is 2.22 bits per heavy atom. The fourth-order valence-electron chi connectivity index (χ4n) is 2.16. The Morgan fingerprint density at radius 1 is 1.17 bits per heavy atom. The number of carbonyl (C=O) groups is 1. The van der Waals surface area contributed by atoms with E-state index < -0.39 is 10.0 Å². The van der Waals surface area contributed by atoms with Gasteiger partial charge in [-0.25, -0.2) is 8.42 Å². The molecule has 0 unspecified atom stereocenters. The van der Waals surface area contributed by atoms with Gasteiger partial charge in [0.25, 0.3) is 0 Å². The van der Waals surface area contributed by atoms with E-state index in [0.29, 0.717) is 23.6 Å². The maximum absolute atomic E-state index is 12.8. The second kappa shape index (κ2) is 8.16. The summed E-state index contributed by atoms with van der Waals surface area (Å²) < 4.78 is 37.2. The number of methoxy groups -OCH3 is 2. The van der Waals surface area contributed by atoms with Crippen molar-refractivity contribution in [3.8, 4) is 11.5 Å². The third-order valence-corrected chi connectivity index (χ3v) is 5.41. The number of hydrogen-bond donors (Lipinski definition) is 1. The number of nitrogens with zero attached hydrogens (tertiary/aromatic N) is 1. The molecular formula is C15H24N2O5S. The average molecular weight is 344 g/mol. The first-order valence-corrected chi connectivity index (χ1v) is 8.75. The molecule has 1 rings (SSSR count). The summed E-state index contributed by atoms with van der Waals surface area (Å²) in [5.41, 5.74) is 0.525. The largest absolute Gasteiger partial charge is 0.493 e. The number of aryl methyl sites for hydroxylation is 1. The van der Waals surface area contributed by atoms with E-state index >= 15 is 0 Å². The molecule has 1 aromatic carbocycles. The van der Waals surface area contributed by atoms with Crippen LogP contribution >= 0.6 is 0 Å². The van der Waals surface area contributed by atoms with Crippen LogP contribution in [-0.4, -0.2) is 52.5 Å². The van der Waals surface area contributed by atoms with E-state index in [-0.39, 0.29) is 23.9 Å². The third-order valence-electron chi connectivity index (χ3n) is 3.35. The van der Waals surface area contributed by atoms with E-state index in [4.69, 9.17) is 9.47 Å². The number of sulfonamides is 1. The molecule has 0 fully saturated rings. The Bertz CT molecular complexity index is 658. The smallest absolute Gasteiger partial charge is 0.243 e. The summed E-state index contributed by atoms with van der Waals surface area (Å²) in [7, 11) is -0.890. The highest BCUT2D eigenvalue weighted by molar-refractivity contribution is 7.89. The topological polar surface area (TPSA) is 84.9 Å². The number of carbonyl (C=O) groups excluding carboxylic acids is 1. The van der Waals surface area contributed by atoms with Gasteiger partial charge >= 0.3 is 0 Å². The highest BCUT2D eigenvalue weighted by atomic mass is 32.2. The highest BCUT2D eigenvalue weighted by Gasteiger charge is 2.28. The summed E-state index contributed by atoms with van der Waals surface area (Å²) in [5.74, 6) is 0.442. The molecule has 23 heavy (non-hydrogen) atoms. The van der Waals surface area contributed by atoms with Crippen molar-refractivity contribution in [3.05, 3.63) is 17.7 Å². The first kappa shape index (κ1) is 19.2. The van der Waals surface area contributed by atoms with Gasteiger partial charge in [0.1, 0.15) is 0 Å². The summed E-state index contributed by atoms with van der Waals surface area (Å²) in [6.07, 6.45) is 0. The number of amides is 1. The van der Waals surface area contributed by atoms with Crippen LogP contribution in [0.15, 0.2) is 17.0 Å². The van der Waals surface area contributed by atoms with Gasteiger partial charge in [-0.2, -0.15) is 4.31 Å². The molecule has 0 spiro atoms. The Labute approximate surface area is 137 Å². The van der Waals surface area contributed by atoms with Crippen LogP contribution in [0.3, 0.4) is 0 Å². The van der Waals surface area contributed by atoms with Crippen molar-refractivity contribution in [3.63, 3.8) is 0 Å². The molecule has 7 nitrogen and oxygen atoms in total. The molecule has 0 bridgehead atoms. The summed E-state index contributed by atoms with van der Waals surface area (Å²) in [6.45, 7) is 5.56. The van der Waals surface area contributed by atoms with Gasteiger partial charge in [-0.05, 0) is 25.5 Å². The lowest BCUT2D eigenvalue weighted by Crippen LogP contribution is -2.40. The number of ether oxygens (including phenoxy) is 2. The zero-order valence-corrected chi connectivity index (χ0v) is 15.0. The van der Waals surface area contributed by atoms with Crippen molar-refractivity contribution in [2.75, 3.05) is 33.9 Å². The molecule has 0 atom stereocenters. The molecular weight excluding hydrogens is 320 g/mol. The van der Waals surface area contributed by atoms with Gasteiger partial charge in [-0.15, -0.1) is 0 Å². The van der Waals surface area contributed by atoms with Gasteiger partial charge in [0, 0.05) is 19.2 Å². The minimum atomic E-state index is -3.82. The van der Waals surface area contributed by atoms with Crippen LogP contribution in [0.25, 0.3) is 0 Å². The number of benzene rings is 1. The Balaban J connectivity index is 3.27. The maximum Gasteiger partial charge on any atom is 0.243 e. The van der Waals surface area contributed by atoms with Crippen molar-refractivity contribution < 1.29 is 22.7 Å². The van der Waals surface area contributed by atoms with Crippen LogP contribution in [-0.2, 0) is 14.8 Å². The predicted octanol–water partition coefficient (Wildman–Crippen LogP) is 1.16. The van der Waals surface area contributed by atoms with Crippen molar-refractivity contribution in [1.29, 1.82) is 0 Å². The molecule has 0 saturated carbocycles. The van der Waals surface area contributed by atoms with E-state index in [1.165, 1.54) is 20.3 Å². The molecule has 0 heterocycles. The summed E-state index contributed by atoms with van der Waals surface area (Å²) >= 11 is 0. The van der Waals surface area contributed by atoms with Gasteiger partial charge in [0.05, 0.1) is 25.7 Å². The number of hydrogen-bond acceptors (Lipinski definition) is 5. The highest BCUT2D eigenvalue weighted by Crippen LogP contribution is 2.33. The predicted molar refractivity (Wildman–Crippen MR) is 87.4 cm³/mol. The lowest BCUT2D eigenvalue weighted by atomic mass is 10.2. The van der Waals surface area contributed by atoms with E-state index in [9.17, 15) is 13.2 Å². The number of nitrogens with one attached hydrogen (secondary N) is 1. The monoisotopic (exact) mass is 344 g/mol. The first-order chi connectivity index (χ1) is 10.8. The minimum Gasteiger partial charge on any atom is -0.493 e. The van der Waals surface area contributed by atoms with Crippen molar-refractivity contribution in [2.45, 2.75) is 25.7 Å². The van der Waals surface area contributed by atoms with Gasteiger partial charge in [0.15, 0.2) is 11.5 Å². The quantitative estimate of drug-likeness (QED) is 0.765. The van der Waals surface area contributed by atoms with Gasteiger partial charge in [-0.3, -0.25) is 4.79 Å². The molecule has 0 aliphatic rings. The van der Waals surface area contributed by atoms with Gasteiger partial charge < -0.3 is 14.8 Å².